The number of anilines is 4. The first-order valence-electron chi connectivity index (χ1n) is 13.3. The standard InChI is InChI=1S/C29H34N8O3/c1-5-25(39)22-15-31-27(34-26-10-9-19(14-30-26)18(2)37-12-11-20(38)16-37)13-24(22)33-23-8-6-7-21(28(23)40-4)29-32-17-36(3)35-29/h6-10,13-15,17-18,20,38H,5,11-12,16H2,1-4H3,(H2,30,31,33,34)/t18-,20-/m0/s1. The van der Waals surface area contributed by atoms with Gasteiger partial charge in [-0.05, 0) is 37.1 Å². The fourth-order valence-corrected chi connectivity index (χ4v) is 4.87. The molecule has 1 aromatic carbocycles. The number of aliphatic hydroxyl groups is 1. The zero-order chi connectivity index (χ0) is 28.2. The second-order valence-corrected chi connectivity index (χ2v) is 9.86. The molecule has 4 aromatic rings. The molecule has 1 aliphatic heterocycles. The van der Waals surface area contributed by atoms with Gasteiger partial charge in [0.15, 0.2) is 17.4 Å². The maximum Gasteiger partial charge on any atom is 0.184 e. The molecule has 0 amide bonds. The Morgan fingerprint density at radius 2 is 1.95 bits per heavy atom. The number of nitrogens with one attached hydrogen (secondary N) is 2. The number of rotatable bonds is 10. The highest BCUT2D eigenvalue weighted by Gasteiger charge is 2.25. The predicted molar refractivity (Wildman–Crippen MR) is 153 cm³/mol. The Labute approximate surface area is 233 Å². The lowest BCUT2D eigenvalue weighted by molar-refractivity contribution is 0.0988. The van der Waals surface area contributed by atoms with Crippen LogP contribution in [-0.2, 0) is 7.05 Å². The Balaban J connectivity index is 1.40. The van der Waals surface area contributed by atoms with Crippen molar-refractivity contribution < 1.29 is 14.6 Å². The van der Waals surface area contributed by atoms with Gasteiger partial charge in [0, 0.05) is 51.1 Å². The summed E-state index contributed by atoms with van der Waals surface area (Å²) in [4.78, 5) is 28.5. The molecule has 0 aliphatic carbocycles. The second-order valence-electron chi connectivity index (χ2n) is 9.86. The second kappa shape index (κ2) is 11.8. The topological polar surface area (TPSA) is 130 Å². The van der Waals surface area contributed by atoms with E-state index < -0.39 is 0 Å². The Bertz CT molecular complexity index is 1490. The normalized spacial score (nSPS) is 16.1. The average molecular weight is 543 g/mol. The maximum atomic E-state index is 12.8. The summed E-state index contributed by atoms with van der Waals surface area (Å²) >= 11 is 0. The Morgan fingerprint density at radius 3 is 2.60 bits per heavy atom. The highest BCUT2D eigenvalue weighted by atomic mass is 16.5. The molecule has 40 heavy (non-hydrogen) atoms. The summed E-state index contributed by atoms with van der Waals surface area (Å²) in [6.07, 6.45) is 5.92. The molecule has 4 heterocycles. The van der Waals surface area contributed by atoms with Crippen molar-refractivity contribution in [2.24, 2.45) is 7.05 Å². The number of hydrogen-bond acceptors (Lipinski definition) is 10. The number of aryl methyl sites for hydroxylation is 1. The Kier molecular flexibility index (Phi) is 8.04. The number of aliphatic hydroxyl groups excluding tert-OH is 1. The van der Waals surface area contributed by atoms with E-state index in [1.54, 1.807) is 37.4 Å². The summed E-state index contributed by atoms with van der Waals surface area (Å²) in [5.41, 5.74) is 3.53. The first kappa shape index (κ1) is 27.2. The summed E-state index contributed by atoms with van der Waals surface area (Å²) in [6.45, 7) is 5.49. The van der Waals surface area contributed by atoms with Crippen LogP contribution in [0.4, 0.5) is 23.0 Å². The molecule has 0 unspecified atom stereocenters. The van der Waals surface area contributed by atoms with E-state index in [-0.39, 0.29) is 17.9 Å². The number of nitrogens with zero attached hydrogens (tertiary/aromatic N) is 6. The summed E-state index contributed by atoms with van der Waals surface area (Å²) in [5, 5.41) is 20.9. The van der Waals surface area contributed by atoms with Gasteiger partial charge in [-0.25, -0.2) is 15.0 Å². The molecule has 3 aromatic heterocycles. The van der Waals surface area contributed by atoms with Gasteiger partial charge in [-0.15, -0.1) is 0 Å². The number of ether oxygens (including phenoxy) is 1. The summed E-state index contributed by atoms with van der Waals surface area (Å²) < 4.78 is 7.37. The third-order valence-corrected chi connectivity index (χ3v) is 7.12. The van der Waals surface area contributed by atoms with Gasteiger partial charge >= 0.3 is 0 Å². The quantitative estimate of drug-likeness (QED) is 0.246. The van der Waals surface area contributed by atoms with E-state index in [9.17, 15) is 9.90 Å². The number of likely N-dealkylation sites (tertiary alicyclic amines) is 1. The monoisotopic (exact) mass is 542 g/mol. The lowest BCUT2D eigenvalue weighted by atomic mass is 10.1. The van der Waals surface area contributed by atoms with Crippen molar-refractivity contribution >= 4 is 28.8 Å². The van der Waals surface area contributed by atoms with E-state index in [2.05, 4.69) is 42.5 Å². The van der Waals surface area contributed by atoms with Crippen molar-refractivity contribution in [2.75, 3.05) is 30.8 Å². The third kappa shape index (κ3) is 5.80. The van der Waals surface area contributed by atoms with Crippen molar-refractivity contribution in [3.63, 3.8) is 0 Å². The molecule has 0 radical (unpaired) electrons. The predicted octanol–water partition coefficient (Wildman–Crippen LogP) is 4.49. The number of ketones is 1. The number of pyridine rings is 2. The van der Waals surface area contributed by atoms with Crippen LogP contribution in [0.25, 0.3) is 11.4 Å². The zero-order valence-electron chi connectivity index (χ0n) is 23.1. The van der Waals surface area contributed by atoms with E-state index in [1.165, 1.54) is 0 Å². The van der Waals surface area contributed by atoms with Gasteiger partial charge in [-0.2, -0.15) is 5.10 Å². The van der Waals surface area contributed by atoms with Crippen LogP contribution in [0.3, 0.4) is 0 Å². The Hall–Kier alpha value is -4.35. The number of Topliss-reactive ketones (excluding diaryl/α,β-unsaturated/α-hetero) is 1. The molecular weight excluding hydrogens is 508 g/mol. The van der Waals surface area contributed by atoms with Gasteiger partial charge < -0.3 is 20.5 Å². The van der Waals surface area contributed by atoms with Crippen LogP contribution in [0.5, 0.6) is 5.75 Å². The molecular formula is C29H34N8O3. The summed E-state index contributed by atoms with van der Waals surface area (Å²) in [6, 6.07) is 11.5. The molecule has 0 spiro atoms. The minimum Gasteiger partial charge on any atom is -0.494 e. The molecule has 1 aliphatic rings. The molecule has 1 saturated heterocycles. The number of benzene rings is 1. The van der Waals surface area contributed by atoms with E-state index in [0.717, 1.165) is 24.1 Å². The molecule has 11 heteroatoms. The van der Waals surface area contributed by atoms with Gasteiger partial charge in [0.05, 0.1) is 35.7 Å². The van der Waals surface area contributed by atoms with Crippen molar-refractivity contribution in [3.8, 4) is 17.1 Å². The lowest BCUT2D eigenvalue weighted by Crippen LogP contribution is -2.25. The van der Waals surface area contributed by atoms with Crippen LogP contribution in [0, 0.1) is 0 Å². The summed E-state index contributed by atoms with van der Waals surface area (Å²) in [7, 11) is 3.40. The number of aromatic nitrogens is 5. The largest absolute Gasteiger partial charge is 0.494 e. The van der Waals surface area contributed by atoms with E-state index in [1.807, 2.05) is 43.5 Å². The van der Waals surface area contributed by atoms with Crippen LogP contribution >= 0.6 is 0 Å². The SMILES string of the molecule is CCC(=O)c1cnc(Nc2ccc([C@H](C)N3CC[C@H](O)C3)cn2)cc1Nc1cccc(-c2ncn(C)n2)c1OC. The number of para-hydroxylation sites is 1. The molecule has 5 rings (SSSR count). The van der Waals surface area contributed by atoms with Gasteiger partial charge in [0.25, 0.3) is 0 Å². The molecule has 3 N–H and O–H groups in total. The highest BCUT2D eigenvalue weighted by Crippen LogP contribution is 2.37. The smallest absolute Gasteiger partial charge is 0.184 e. The molecule has 11 nitrogen and oxygen atoms in total. The zero-order valence-corrected chi connectivity index (χ0v) is 23.1. The molecule has 0 bridgehead atoms. The van der Waals surface area contributed by atoms with Crippen molar-refractivity contribution in [1.29, 1.82) is 0 Å². The van der Waals surface area contributed by atoms with E-state index in [0.29, 0.717) is 53.1 Å². The van der Waals surface area contributed by atoms with Crippen molar-refractivity contribution in [1.82, 2.24) is 29.6 Å². The summed E-state index contributed by atoms with van der Waals surface area (Å²) in [5.74, 6) is 2.23. The number of carbonyl (C=O) groups is 1. The Morgan fingerprint density at radius 1 is 1.12 bits per heavy atom. The lowest BCUT2D eigenvalue weighted by Gasteiger charge is -2.24. The molecule has 1 fully saturated rings. The van der Waals surface area contributed by atoms with Crippen LogP contribution in [0.2, 0.25) is 0 Å². The average Bonchev–Trinajstić information content (AvgIpc) is 3.60. The van der Waals surface area contributed by atoms with Crippen LogP contribution in [-0.4, -0.2) is 66.8 Å². The first-order valence-corrected chi connectivity index (χ1v) is 13.3. The maximum absolute atomic E-state index is 12.8. The number of methoxy groups -OCH3 is 1. The van der Waals surface area contributed by atoms with Crippen LogP contribution < -0.4 is 15.4 Å². The van der Waals surface area contributed by atoms with Gasteiger partial charge in [0.1, 0.15) is 18.0 Å². The molecule has 208 valence electrons. The third-order valence-electron chi connectivity index (χ3n) is 7.12. The fourth-order valence-electron chi connectivity index (χ4n) is 4.87. The van der Waals surface area contributed by atoms with Crippen molar-refractivity contribution in [3.05, 3.63) is 66.2 Å². The minimum absolute atomic E-state index is 0.0356. The van der Waals surface area contributed by atoms with E-state index >= 15 is 0 Å². The van der Waals surface area contributed by atoms with Crippen LogP contribution in [0.1, 0.15) is 48.7 Å². The number of carbonyl (C=O) groups excluding carboxylic acids is 1. The van der Waals surface area contributed by atoms with Crippen molar-refractivity contribution in [2.45, 2.75) is 38.8 Å². The van der Waals surface area contributed by atoms with Crippen LogP contribution in [0.15, 0.2) is 55.1 Å². The number of β-amino-alcohol motifs (C(OH)–C–C–N with tert-alkyl or cyclic N) is 1. The van der Waals surface area contributed by atoms with Gasteiger partial charge in [-0.3, -0.25) is 14.4 Å². The minimum atomic E-state index is -0.262. The molecule has 0 saturated carbocycles. The first-order chi connectivity index (χ1) is 19.4. The van der Waals surface area contributed by atoms with Gasteiger partial charge in [0.2, 0.25) is 0 Å². The molecule has 2 atom stereocenters. The highest BCUT2D eigenvalue weighted by molar-refractivity contribution is 6.02. The number of hydrogen-bond donors (Lipinski definition) is 3. The van der Waals surface area contributed by atoms with E-state index in [4.69, 9.17) is 4.74 Å². The van der Waals surface area contributed by atoms with Gasteiger partial charge in [-0.1, -0.05) is 19.1 Å². The fraction of sp³-hybridized carbons (Fsp3) is 0.345.